The van der Waals surface area contributed by atoms with E-state index < -0.39 is 0 Å². The molecule has 1 aromatic rings. The summed E-state index contributed by atoms with van der Waals surface area (Å²) < 4.78 is 5.90. The van der Waals surface area contributed by atoms with Crippen molar-refractivity contribution in [1.82, 2.24) is 4.98 Å². The Hall–Kier alpha value is -0.570. The van der Waals surface area contributed by atoms with Gasteiger partial charge < -0.3 is 4.74 Å². The first-order chi connectivity index (χ1) is 8.35. The van der Waals surface area contributed by atoms with Gasteiger partial charge in [0.1, 0.15) is 5.75 Å². The quantitative estimate of drug-likeness (QED) is 0.614. The Morgan fingerprint density at radius 3 is 2.59 bits per heavy atom. The third kappa shape index (κ3) is 3.70. The third-order valence-electron chi connectivity index (χ3n) is 3.63. The smallest absolute Gasteiger partial charge is 0.137 e. The molecule has 1 aliphatic rings. The number of pyridine rings is 1. The molecule has 0 spiro atoms. The molecule has 0 atom stereocenters. The van der Waals surface area contributed by atoms with E-state index in [1.165, 1.54) is 38.5 Å². The number of alkyl halides is 1. The zero-order chi connectivity index (χ0) is 12.0. The Morgan fingerprint density at radius 2 is 2.00 bits per heavy atom. The summed E-state index contributed by atoms with van der Waals surface area (Å²) >= 11 is 3.68. The van der Waals surface area contributed by atoms with Gasteiger partial charge >= 0.3 is 0 Å². The number of hydrogen-bond acceptors (Lipinski definition) is 2. The van der Waals surface area contributed by atoms with E-state index in [4.69, 9.17) is 4.74 Å². The van der Waals surface area contributed by atoms with Gasteiger partial charge in [-0.15, -0.1) is 0 Å². The fraction of sp³-hybridized carbons (Fsp3) is 0.643. The van der Waals surface area contributed by atoms with E-state index in [9.17, 15) is 0 Å². The predicted octanol–water partition coefficient (Wildman–Crippen LogP) is 4.20. The highest BCUT2D eigenvalue weighted by molar-refractivity contribution is 9.09. The summed E-state index contributed by atoms with van der Waals surface area (Å²) in [5, 5.41) is 1.04. The van der Waals surface area contributed by atoms with Gasteiger partial charge in [-0.05, 0) is 25.0 Å². The van der Waals surface area contributed by atoms with E-state index in [0.29, 0.717) is 5.41 Å². The number of aromatic nitrogens is 1. The van der Waals surface area contributed by atoms with Crippen LogP contribution in [-0.2, 0) is 0 Å². The molecule has 0 amide bonds. The molecule has 1 aliphatic carbocycles. The molecule has 3 heteroatoms. The molecule has 1 saturated carbocycles. The topological polar surface area (TPSA) is 22.1 Å². The van der Waals surface area contributed by atoms with Crippen molar-refractivity contribution >= 4 is 15.9 Å². The standard InChI is InChI=1S/C14H20BrNO/c15-11-14(7-3-1-2-4-8-14)12-17-13-6-5-9-16-10-13/h5-6,9-10H,1-4,7-8,11-12H2. The lowest BCUT2D eigenvalue weighted by Gasteiger charge is -2.30. The van der Waals surface area contributed by atoms with Crippen molar-refractivity contribution < 1.29 is 4.74 Å². The largest absolute Gasteiger partial charge is 0.491 e. The van der Waals surface area contributed by atoms with Crippen LogP contribution >= 0.6 is 15.9 Å². The average Bonchev–Trinajstić information content (AvgIpc) is 2.64. The maximum atomic E-state index is 5.90. The zero-order valence-electron chi connectivity index (χ0n) is 10.2. The lowest BCUT2D eigenvalue weighted by atomic mass is 9.83. The van der Waals surface area contributed by atoms with E-state index in [-0.39, 0.29) is 0 Å². The van der Waals surface area contributed by atoms with E-state index >= 15 is 0 Å². The lowest BCUT2D eigenvalue weighted by molar-refractivity contribution is 0.149. The maximum Gasteiger partial charge on any atom is 0.137 e. The minimum Gasteiger partial charge on any atom is -0.491 e. The minimum absolute atomic E-state index is 0.326. The van der Waals surface area contributed by atoms with Gasteiger partial charge in [0.05, 0.1) is 12.8 Å². The SMILES string of the molecule is BrCC1(COc2cccnc2)CCCCCC1. The van der Waals surface area contributed by atoms with Crippen LogP contribution in [0.1, 0.15) is 38.5 Å². The number of hydrogen-bond donors (Lipinski definition) is 0. The second-order valence-corrected chi connectivity index (χ2v) is 5.59. The molecule has 17 heavy (non-hydrogen) atoms. The summed E-state index contributed by atoms with van der Waals surface area (Å²) in [5.74, 6) is 0.886. The number of rotatable bonds is 4. The molecule has 2 rings (SSSR count). The molecule has 0 aliphatic heterocycles. The summed E-state index contributed by atoms with van der Waals surface area (Å²) in [6.45, 7) is 0.809. The Morgan fingerprint density at radius 1 is 1.24 bits per heavy atom. The van der Waals surface area contributed by atoms with Gasteiger partial charge in [0.2, 0.25) is 0 Å². The lowest BCUT2D eigenvalue weighted by Crippen LogP contribution is -2.29. The molecule has 0 N–H and O–H groups in total. The van der Waals surface area contributed by atoms with Crippen LogP contribution in [0.5, 0.6) is 5.75 Å². The summed E-state index contributed by atoms with van der Waals surface area (Å²) in [4.78, 5) is 4.08. The first-order valence-corrected chi connectivity index (χ1v) is 7.56. The highest BCUT2D eigenvalue weighted by atomic mass is 79.9. The monoisotopic (exact) mass is 297 g/mol. The second-order valence-electron chi connectivity index (χ2n) is 5.03. The van der Waals surface area contributed by atoms with Crippen molar-refractivity contribution in [1.29, 1.82) is 0 Å². The van der Waals surface area contributed by atoms with E-state index in [1.54, 1.807) is 12.4 Å². The molecule has 2 nitrogen and oxygen atoms in total. The van der Waals surface area contributed by atoms with Crippen LogP contribution in [0.25, 0.3) is 0 Å². The molecule has 0 aromatic carbocycles. The van der Waals surface area contributed by atoms with Crippen LogP contribution in [0.2, 0.25) is 0 Å². The number of ether oxygens (including phenoxy) is 1. The van der Waals surface area contributed by atoms with Crippen molar-refractivity contribution in [3.63, 3.8) is 0 Å². The van der Waals surface area contributed by atoms with Crippen molar-refractivity contribution in [3.8, 4) is 5.75 Å². The fourth-order valence-electron chi connectivity index (χ4n) is 2.46. The average molecular weight is 298 g/mol. The molecule has 1 aromatic heterocycles. The van der Waals surface area contributed by atoms with E-state index in [1.807, 2.05) is 12.1 Å². The molecular formula is C14H20BrNO. The molecule has 94 valence electrons. The van der Waals surface area contributed by atoms with Gasteiger partial charge in [-0.3, -0.25) is 4.98 Å². The Kier molecular flexibility index (Phi) is 4.84. The van der Waals surface area contributed by atoms with Crippen molar-refractivity contribution in [2.45, 2.75) is 38.5 Å². The predicted molar refractivity (Wildman–Crippen MR) is 73.7 cm³/mol. The van der Waals surface area contributed by atoms with E-state index in [0.717, 1.165) is 17.7 Å². The van der Waals surface area contributed by atoms with Crippen LogP contribution in [0.15, 0.2) is 24.5 Å². The number of nitrogens with zero attached hydrogens (tertiary/aromatic N) is 1. The molecule has 0 radical (unpaired) electrons. The van der Waals surface area contributed by atoms with Crippen molar-refractivity contribution in [2.75, 3.05) is 11.9 Å². The van der Waals surface area contributed by atoms with Crippen LogP contribution in [0, 0.1) is 5.41 Å². The zero-order valence-corrected chi connectivity index (χ0v) is 11.8. The first kappa shape index (κ1) is 12.9. The van der Waals surface area contributed by atoms with Crippen LogP contribution in [-0.4, -0.2) is 16.9 Å². The van der Waals surface area contributed by atoms with Gasteiger partial charge in [0, 0.05) is 16.9 Å². The summed E-state index contributed by atoms with van der Waals surface area (Å²) in [6, 6.07) is 3.90. The summed E-state index contributed by atoms with van der Waals surface area (Å²) in [5.41, 5.74) is 0.326. The molecule has 0 bridgehead atoms. The first-order valence-electron chi connectivity index (χ1n) is 6.43. The van der Waals surface area contributed by atoms with Crippen molar-refractivity contribution in [3.05, 3.63) is 24.5 Å². The molecular weight excluding hydrogens is 278 g/mol. The summed E-state index contributed by atoms with van der Waals surface area (Å²) in [7, 11) is 0. The Labute approximate surface area is 112 Å². The molecule has 0 unspecified atom stereocenters. The van der Waals surface area contributed by atoms with E-state index in [2.05, 4.69) is 20.9 Å². The molecule has 1 heterocycles. The second kappa shape index (κ2) is 6.39. The number of halogens is 1. The molecule has 1 fully saturated rings. The normalized spacial score (nSPS) is 19.6. The maximum absolute atomic E-state index is 5.90. The van der Waals surface area contributed by atoms with Gasteiger partial charge in [0.15, 0.2) is 0 Å². The van der Waals surface area contributed by atoms with Gasteiger partial charge in [-0.25, -0.2) is 0 Å². The minimum atomic E-state index is 0.326. The third-order valence-corrected chi connectivity index (χ3v) is 4.82. The van der Waals surface area contributed by atoms with Gasteiger partial charge in [-0.1, -0.05) is 41.6 Å². The highest BCUT2D eigenvalue weighted by Crippen LogP contribution is 2.37. The van der Waals surface area contributed by atoms with Crippen LogP contribution in [0.4, 0.5) is 0 Å². The van der Waals surface area contributed by atoms with Crippen molar-refractivity contribution in [2.24, 2.45) is 5.41 Å². The Bertz CT molecular complexity index is 320. The Balaban J connectivity index is 1.94. The van der Waals surface area contributed by atoms with Gasteiger partial charge in [0.25, 0.3) is 0 Å². The van der Waals surface area contributed by atoms with Gasteiger partial charge in [-0.2, -0.15) is 0 Å². The summed E-state index contributed by atoms with van der Waals surface area (Å²) in [6.07, 6.45) is 11.5. The highest BCUT2D eigenvalue weighted by Gasteiger charge is 2.30. The van der Waals surface area contributed by atoms with Crippen LogP contribution in [0.3, 0.4) is 0 Å². The fourth-order valence-corrected chi connectivity index (χ4v) is 3.19. The molecule has 0 saturated heterocycles. The van der Waals surface area contributed by atoms with Crippen LogP contribution < -0.4 is 4.74 Å².